The lowest BCUT2D eigenvalue weighted by Gasteiger charge is -2.32. The van der Waals surface area contributed by atoms with Crippen molar-refractivity contribution in [2.45, 2.75) is 31.4 Å². The predicted molar refractivity (Wildman–Crippen MR) is 83.2 cm³/mol. The molecule has 2 atom stereocenters. The van der Waals surface area contributed by atoms with E-state index in [1.165, 1.54) is 17.9 Å². The summed E-state index contributed by atoms with van der Waals surface area (Å²) in [6.07, 6.45) is 1.16. The average Bonchev–Trinajstić information content (AvgIpc) is 2.34. The first-order valence-electron chi connectivity index (χ1n) is 6.91. The largest absolute Gasteiger partial charge is 0.311 e. The van der Waals surface area contributed by atoms with E-state index in [0.29, 0.717) is 5.25 Å². The molecule has 0 amide bonds. The van der Waals surface area contributed by atoms with E-state index >= 15 is 0 Å². The van der Waals surface area contributed by atoms with E-state index in [2.05, 4.69) is 6.92 Å². The number of hydrogen-bond donors (Lipinski definition) is 0. The maximum atomic E-state index is 13.5. The van der Waals surface area contributed by atoms with Crippen LogP contribution in [-0.4, -0.2) is 15.6 Å². The Morgan fingerprint density at radius 2 is 2.15 bits per heavy atom. The number of benzene rings is 1. The van der Waals surface area contributed by atoms with Gasteiger partial charge in [-0.3, -0.25) is 4.79 Å². The molecule has 1 fully saturated rings. The van der Waals surface area contributed by atoms with Gasteiger partial charge >= 0.3 is 0 Å². The van der Waals surface area contributed by atoms with Gasteiger partial charge in [0.1, 0.15) is 5.82 Å². The minimum atomic E-state index is -0.254. The number of nitrogens with zero attached hydrogens (tertiary/aromatic N) is 1. The second-order valence-corrected chi connectivity index (χ2v) is 6.90. The Bertz CT molecular complexity index is 733. The molecule has 1 aromatic heterocycles. The average molecular weight is 291 g/mol. The Morgan fingerprint density at radius 1 is 1.45 bits per heavy atom. The van der Waals surface area contributed by atoms with Gasteiger partial charge in [0.25, 0.3) is 5.56 Å². The van der Waals surface area contributed by atoms with Crippen LogP contribution in [0.5, 0.6) is 0 Å². The van der Waals surface area contributed by atoms with Crippen LogP contribution in [0.4, 0.5) is 4.39 Å². The van der Waals surface area contributed by atoms with Crippen molar-refractivity contribution in [2.24, 2.45) is 7.05 Å². The van der Waals surface area contributed by atoms with Crippen molar-refractivity contribution >= 4 is 22.7 Å². The zero-order valence-electron chi connectivity index (χ0n) is 11.9. The maximum Gasteiger partial charge on any atom is 0.254 e. The molecule has 1 aliphatic heterocycles. The van der Waals surface area contributed by atoms with Gasteiger partial charge in [-0.1, -0.05) is 6.92 Å². The number of thioether (sulfide) groups is 1. The van der Waals surface area contributed by atoms with Crippen molar-refractivity contribution < 1.29 is 4.39 Å². The van der Waals surface area contributed by atoms with Crippen LogP contribution in [0.3, 0.4) is 0 Å². The Labute approximate surface area is 122 Å². The van der Waals surface area contributed by atoms with Crippen molar-refractivity contribution in [3.63, 3.8) is 0 Å². The molecule has 0 radical (unpaired) electrons. The minimum Gasteiger partial charge on any atom is -0.311 e. The van der Waals surface area contributed by atoms with Gasteiger partial charge in [0.05, 0.1) is 5.52 Å². The molecule has 2 nitrogen and oxygen atoms in total. The fourth-order valence-corrected chi connectivity index (χ4v) is 4.00. The minimum absolute atomic E-state index is 0.0570. The van der Waals surface area contributed by atoms with Gasteiger partial charge < -0.3 is 4.57 Å². The summed E-state index contributed by atoms with van der Waals surface area (Å²) in [5.74, 6) is 1.15. The molecular formula is C16H18FNOS. The highest BCUT2D eigenvalue weighted by molar-refractivity contribution is 8.01. The van der Waals surface area contributed by atoms with Gasteiger partial charge in [-0.25, -0.2) is 4.39 Å². The monoisotopic (exact) mass is 291 g/mol. The fraction of sp³-hybridized carbons (Fsp3) is 0.438. The predicted octanol–water partition coefficient (Wildman–Crippen LogP) is 3.60. The normalized spacial score (nSPS) is 19.9. The number of pyridine rings is 1. The van der Waals surface area contributed by atoms with E-state index in [9.17, 15) is 9.18 Å². The molecule has 1 saturated heterocycles. The number of hydrogen-bond acceptors (Lipinski definition) is 2. The Hall–Kier alpha value is -1.29. The van der Waals surface area contributed by atoms with Gasteiger partial charge in [-0.15, -0.1) is 0 Å². The summed E-state index contributed by atoms with van der Waals surface area (Å²) in [6.45, 7) is 4.06. The van der Waals surface area contributed by atoms with Gasteiger partial charge in [0.2, 0.25) is 0 Å². The third-order valence-electron chi connectivity index (χ3n) is 4.41. The van der Waals surface area contributed by atoms with Gasteiger partial charge in [0, 0.05) is 23.2 Å². The molecule has 4 heteroatoms. The van der Waals surface area contributed by atoms with Crippen molar-refractivity contribution in [1.29, 1.82) is 0 Å². The first kappa shape index (κ1) is 13.7. The van der Waals surface area contributed by atoms with Gasteiger partial charge in [-0.2, -0.15) is 11.8 Å². The summed E-state index contributed by atoms with van der Waals surface area (Å²) in [4.78, 5) is 12.6. The molecule has 2 unspecified atom stereocenters. The first-order chi connectivity index (χ1) is 9.50. The van der Waals surface area contributed by atoms with Crippen LogP contribution in [0.2, 0.25) is 0 Å². The molecule has 1 aromatic carbocycles. The van der Waals surface area contributed by atoms with Crippen LogP contribution < -0.4 is 5.56 Å². The summed E-state index contributed by atoms with van der Waals surface area (Å²) in [6, 6.07) is 4.63. The topological polar surface area (TPSA) is 22.0 Å². The molecule has 0 saturated carbocycles. The van der Waals surface area contributed by atoms with E-state index in [1.54, 1.807) is 17.7 Å². The standard InChI is InChI=1S/C16H18FNOS/c1-9-12-8-11(17)4-5-13(12)18(3)16(19)15(9)10(2)14-6-7-20-14/h4-5,8,10,14H,6-7H2,1-3H3. The Morgan fingerprint density at radius 3 is 2.75 bits per heavy atom. The van der Waals surface area contributed by atoms with Crippen LogP contribution in [0.1, 0.15) is 30.4 Å². The molecular weight excluding hydrogens is 273 g/mol. The lowest BCUT2D eigenvalue weighted by atomic mass is 9.91. The molecule has 0 aliphatic carbocycles. The van der Waals surface area contributed by atoms with Crippen molar-refractivity contribution in [3.8, 4) is 0 Å². The van der Waals surface area contributed by atoms with E-state index in [0.717, 1.165) is 28.5 Å². The van der Waals surface area contributed by atoms with Crippen molar-refractivity contribution in [2.75, 3.05) is 5.75 Å². The van der Waals surface area contributed by atoms with Crippen LogP contribution >= 0.6 is 11.8 Å². The summed E-state index contributed by atoms with van der Waals surface area (Å²) in [5, 5.41) is 1.37. The maximum absolute atomic E-state index is 13.5. The van der Waals surface area contributed by atoms with Crippen LogP contribution in [0.15, 0.2) is 23.0 Å². The molecule has 106 valence electrons. The lowest BCUT2D eigenvalue weighted by molar-refractivity contribution is 0.627. The van der Waals surface area contributed by atoms with E-state index in [-0.39, 0.29) is 17.3 Å². The number of aryl methyl sites for hydroxylation is 2. The molecule has 0 bridgehead atoms. The molecule has 3 rings (SSSR count). The molecule has 1 aliphatic rings. The van der Waals surface area contributed by atoms with Crippen molar-refractivity contribution in [1.82, 2.24) is 4.57 Å². The highest BCUT2D eigenvalue weighted by atomic mass is 32.2. The van der Waals surface area contributed by atoms with E-state index in [4.69, 9.17) is 0 Å². The zero-order chi connectivity index (χ0) is 14.4. The van der Waals surface area contributed by atoms with E-state index in [1.807, 2.05) is 18.7 Å². The van der Waals surface area contributed by atoms with Crippen molar-refractivity contribution in [3.05, 3.63) is 45.5 Å². The molecule has 2 heterocycles. The third-order valence-corrected chi connectivity index (χ3v) is 5.95. The molecule has 0 spiro atoms. The second kappa shape index (κ2) is 4.92. The smallest absolute Gasteiger partial charge is 0.254 e. The third kappa shape index (κ3) is 1.97. The van der Waals surface area contributed by atoms with E-state index < -0.39 is 0 Å². The van der Waals surface area contributed by atoms with Crippen LogP contribution in [0.25, 0.3) is 10.9 Å². The molecule has 20 heavy (non-hydrogen) atoms. The second-order valence-electron chi connectivity index (χ2n) is 5.55. The first-order valence-corrected chi connectivity index (χ1v) is 7.96. The number of aromatic nitrogens is 1. The summed E-state index contributed by atoms with van der Waals surface area (Å²) in [5.41, 5.74) is 2.64. The summed E-state index contributed by atoms with van der Waals surface area (Å²) < 4.78 is 15.2. The Kier molecular flexibility index (Phi) is 3.36. The summed E-state index contributed by atoms with van der Waals surface area (Å²) in [7, 11) is 1.77. The lowest BCUT2D eigenvalue weighted by Crippen LogP contribution is -2.31. The highest BCUT2D eigenvalue weighted by Crippen LogP contribution is 2.39. The highest BCUT2D eigenvalue weighted by Gasteiger charge is 2.29. The number of rotatable bonds is 2. The SMILES string of the molecule is Cc1c(C(C)C2CCS2)c(=O)n(C)c2ccc(F)cc12. The number of halogens is 1. The zero-order valence-corrected chi connectivity index (χ0v) is 12.8. The fourth-order valence-electron chi connectivity index (χ4n) is 3.07. The number of fused-ring (bicyclic) bond motifs is 1. The van der Waals surface area contributed by atoms with Gasteiger partial charge in [0.15, 0.2) is 0 Å². The van der Waals surface area contributed by atoms with Gasteiger partial charge in [-0.05, 0) is 48.8 Å². The molecule has 2 aromatic rings. The van der Waals surface area contributed by atoms with Crippen LogP contribution in [-0.2, 0) is 7.05 Å². The molecule has 0 N–H and O–H groups in total. The quantitative estimate of drug-likeness (QED) is 0.843. The summed E-state index contributed by atoms with van der Waals surface area (Å²) >= 11 is 1.92. The van der Waals surface area contributed by atoms with Crippen LogP contribution in [0, 0.1) is 12.7 Å². The Balaban J connectivity index is 2.28.